The molecule has 3 N–H and O–H groups in total. The summed E-state index contributed by atoms with van der Waals surface area (Å²) in [4.78, 5) is 0. The van der Waals surface area contributed by atoms with Gasteiger partial charge in [0.05, 0.1) is 6.04 Å². The first-order valence-corrected chi connectivity index (χ1v) is 3.46. The number of halogens is 2. The maximum absolute atomic E-state index is 12.7. The first kappa shape index (κ1) is 8.83. The van der Waals surface area contributed by atoms with E-state index in [0.29, 0.717) is 0 Å². The molecule has 4 atom stereocenters. The number of β-amino-alcohol motifs (C(OH)–C–C–N with tert-alkyl or cyclic N) is 1. The van der Waals surface area contributed by atoms with Gasteiger partial charge < -0.3 is 15.5 Å². The lowest BCUT2D eigenvalue weighted by Crippen LogP contribution is -2.58. The van der Waals surface area contributed by atoms with Crippen LogP contribution in [0.1, 0.15) is 0 Å². The van der Waals surface area contributed by atoms with Crippen molar-refractivity contribution in [1.29, 1.82) is 0 Å². The van der Waals surface area contributed by atoms with Crippen LogP contribution in [0, 0.1) is 0 Å². The van der Waals surface area contributed by atoms with E-state index in [4.69, 9.17) is 10.2 Å². The highest BCUT2D eigenvalue weighted by molar-refractivity contribution is 4.91. The summed E-state index contributed by atoms with van der Waals surface area (Å²) in [5.74, 6) is 0. The van der Waals surface area contributed by atoms with E-state index in [-0.39, 0.29) is 6.54 Å². The lowest BCUT2D eigenvalue weighted by Gasteiger charge is -2.33. The van der Waals surface area contributed by atoms with Gasteiger partial charge in [0.1, 0.15) is 18.9 Å². The lowest BCUT2D eigenvalue weighted by atomic mass is 9.98. The lowest BCUT2D eigenvalue weighted by molar-refractivity contribution is -0.0573. The van der Waals surface area contributed by atoms with Crippen LogP contribution < -0.4 is 5.32 Å². The van der Waals surface area contributed by atoms with Gasteiger partial charge in [0, 0.05) is 6.54 Å². The zero-order valence-corrected chi connectivity index (χ0v) is 5.87. The Kier molecular flexibility index (Phi) is 2.75. The molecule has 0 aromatic rings. The second-order valence-corrected chi connectivity index (χ2v) is 2.67. The monoisotopic (exact) mass is 167 g/mol. The average Bonchev–Trinajstić information content (AvgIpc) is 2.01. The number of hydrogen-bond acceptors (Lipinski definition) is 3. The van der Waals surface area contributed by atoms with E-state index in [1.54, 1.807) is 0 Å². The van der Waals surface area contributed by atoms with Crippen LogP contribution in [-0.2, 0) is 0 Å². The molecule has 1 rings (SSSR count). The Labute approximate surface area is 63.0 Å². The van der Waals surface area contributed by atoms with Crippen molar-refractivity contribution in [1.82, 2.24) is 5.32 Å². The van der Waals surface area contributed by atoms with Crippen molar-refractivity contribution in [3.8, 4) is 0 Å². The van der Waals surface area contributed by atoms with E-state index in [9.17, 15) is 8.78 Å². The average molecular weight is 167 g/mol. The first-order valence-electron chi connectivity index (χ1n) is 3.46. The molecule has 11 heavy (non-hydrogen) atoms. The molecular weight excluding hydrogens is 156 g/mol. The highest BCUT2D eigenvalue weighted by atomic mass is 19.1. The van der Waals surface area contributed by atoms with E-state index < -0.39 is 31.1 Å². The Hall–Kier alpha value is -0.260. The van der Waals surface area contributed by atoms with Gasteiger partial charge in [0.25, 0.3) is 0 Å². The van der Waals surface area contributed by atoms with Gasteiger partial charge in [-0.2, -0.15) is 0 Å². The molecule has 0 bridgehead atoms. The first-order chi connectivity index (χ1) is 5.16. The number of aliphatic hydroxyl groups is 2. The SMILES string of the molecule is OC1CNC(CF)C(O)C1F. The number of piperidine rings is 1. The van der Waals surface area contributed by atoms with Crippen molar-refractivity contribution in [2.75, 3.05) is 13.2 Å². The van der Waals surface area contributed by atoms with Crippen LogP contribution in [-0.4, -0.2) is 47.9 Å². The fourth-order valence-electron chi connectivity index (χ4n) is 1.10. The zero-order chi connectivity index (χ0) is 8.43. The van der Waals surface area contributed by atoms with Crippen LogP contribution in [0.25, 0.3) is 0 Å². The normalized spacial score (nSPS) is 45.8. The van der Waals surface area contributed by atoms with Crippen LogP contribution in [0.15, 0.2) is 0 Å². The van der Waals surface area contributed by atoms with Crippen molar-refractivity contribution in [2.45, 2.75) is 24.4 Å². The summed E-state index contributed by atoms with van der Waals surface area (Å²) in [6, 6.07) is -0.881. The quantitative estimate of drug-likeness (QED) is 0.469. The smallest absolute Gasteiger partial charge is 0.154 e. The molecule has 1 aliphatic rings. The predicted octanol–water partition coefficient (Wildman–Crippen LogP) is -1.01. The van der Waals surface area contributed by atoms with Crippen molar-refractivity contribution in [3.63, 3.8) is 0 Å². The maximum atomic E-state index is 12.7. The molecule has 1 fully saturated rings. The van der Waals surface area contributed by atoms with Gasteiger partial charge >= 0.3 is 0 Å². The van der Waals surface area contributed by atoms with E-state index in [0.717, 1.165) is 0 Å². The van der Waals surface area contributed by atoms with Gasteiger partial charge in [-0.05, 0) is 0 Å². The predicted molar refractivity (Wildman–Crippen MR) is 34.7 cm³/mol. The van der Waals surface area contributed by atoms with E-state index in [2.05, 4.69) is 5.32 Å². The largest absolute Gasteiger partial charge is 0.389 e. The number of nitrogens with one attached hydrogen (secondary N) is 1. The van der Waals surface area contributed by atoms with Crippen LogP contribution in [0.3, 0.4) is 0 Å². The van der Waals surface area contributed by atoms with Crippen LogP contribution in [0.5, 0.6) is 0 Å². The summed E-state index contributed by atoms with van der Waals surface area (Å²) in [7, 11) is 0. The molecule has 0 amide bonds. The molecule has 66 valence electrons. The second-order valence-electron chi connectivity index (χ2n) is 2.67. The number of aliphatic hydroxyl groups excluding tert-OH is 2. The molecule has 4 unspecified atom stereocenters. The molecule has 1 aliphatic heterocycles. The minimum absolute atomic E-state index is 0.00713. The molecular formula is C6H11F2NO2. The van der Waals surface area contributed by atoms with E-state index in [1.165, 1.54) is 0 Å². The van der Waals surface area contributed by atoms with Crippen molar-refractivity contribution in [3.05, 3.63) is 0 Å². The number of rotatable bonds is 1. The third-order valence-corrected chi connectivity index (χ3v) is 1.86. The van der Waals surface area contributed by atoms with Crippen LogP contribution >= 0.6 is 0 Å². The summed E-state index contributed by atoms with van der Waals surface area (Å²) < 4.78 is 24.7. The third kappa shape index (κ3) is 1.66. The summed E-state index contributed by atoms with van der Waals surface area (Å²) >= 11 is 0. The Morgan fingerprint density at radius 2 is 2.09 bits per heavy atom. The van der Waals surface area contributed by atoms with Crippen LogP contribution in [0.4, 0.5) is 8.78 Å². The second kappa shape index (κ2) is 3.42. The Balaban J connectivity index is 2.52. The van der Waals surface area contributed by atoms with E-state index in [1.807, 2.05) is 0 Å². The summed E-state index contributed by atoms with van der Waals surface area (Å²) in [5.41, 5.74) is 0. The highest BCUT2D eigenvalue weighted by Crippen LogP contribution is 2.13. The topological polar surface area (TPSA) is 52.5 Å². The molecule has 5 heteroatoms. The van der Waals surface area contributed by atoms with Gasteiger partial charge in [-0.3, -0.25) is 0 Å². The Morgan fingerprint density at radius 1 is 1.45 bits per heavy atom. The molecule has 0 aromatic heterocycles. The minimum atomic E-state index is -1.74. The summed E-state index contributed by atoms with van der Waals surface area (Å²) in [5, 5.41) is 20.3. The Morgan fingerprint density at radius 3 is 2.64 bits per heavy atom. The van der Waals surface area contributed by atoms with Gasteiger partial charge in [0.2, 0.25) is 0 Å². The van der Waals surface area contributed by atoms with Crippen molar-refractivity contribution < 1.29 is 19.0 Å². The molecule has 0 radical (unpaired) electrons. The van der Waals surface area contributed by atoms with Crippen molar-refractivity contribution in [2.24, 2.45) is 0 Å². The van der Waals surface area contributed by atoms with Crippen molar-refractivity contribution >= 4 is 0 Å². The molecule has 0 spiro atoms. The van der Waals surface area contributed by atoms with Crippen LogP contribution in [0.2, 0.25) is 0 Å². The van der Waals surface area contributed by atoms with Gasteiger partial charge in [-0.15, -0.1) is 0 Å². The zero-order valence-electron chi connectivity index (χ0n) is 5.87. The fourth-order valence-corrected chi connectivity index (χ4v) is 1.10. The molecule has 0 aromatic carbocycles. The maximum Gasteiger partial charge on any atom is 0.154 e. The van der Waals surface area contributed by atoms with E-state index >= 15 is 0 Å². The molecule has 0 saturated carbocycles. The molecule has 0 aliphatic carbocycles. The minimum Gasteiger partial charge on any atom is -0.389 e. The molecule has 1 saturated heterocycles. The summed E-state index contributed by atoms with van der Waals surface area (Å²) in [6.07, 6.45) is -4.41. The molecule has 3 nitrogen and oxygen atoms in total. The fraction of sp³-hybridized carbons (Fsp3) is 1.00. The third-order valence-electron chi connectivity index (χ3n) is 1.86. The summed E-state index contributed by atoms with van der Waals surface area (Å²) in [6.45, 7) is -0.832. The Bertz CT molecular complexity index is 134. The molecule has 1 heterocycles. The number of hydrogen-bond donors (Lipinski definition) is 3. The highest BCUT2D eigenvalue weighted by Gasteiger charge is 2.37. The standard InChI is InChI=1S/C6H11F2NO2/c7-1-3-6(11)5(8)4(10)2-9-3/h3-6,9-11H,1-2H2. The number of alkyl halides is 2. The van der Waals surface area contributed by atoms with Gasteiger partial charge in [-0.25, -0.2) is 8.78 Å². The van der Waals surface area contributed by atoms with Gasteiger partial charge in [0.15, 0.2) is 6.17 Å². The van der Waals surface area contributed by atoms with Gasteiger partial charge in [-0.1, -0.05) is 0 Å².